The molecule has 3 aliphatic rings. The highest BCUT2D eigenvalue weighted by Crippen LogP contribution is 2.45. The number of anilines is 1. The highest BCUT2D eigenvalue weighted by atomic mass is 16.5. The van der Waals surface area contributed by atoms with E-state index < -0.39 is 0 Å². The Hall–Kier alpha value is -2.95. The minimum absolute atomic E-state index is 0.0345. The smallest absolute Gasteiger partial charge is 0.338 e. The van der Waals surface area contributed by atoms with Gasteiger partial charge in [-0.2, -0.15) is 0 Å². The number of nitrogens with zero attached hydrogens (tertiary/aromatic N) is 1. The van der Waals surface area contributed by atoms with Crippen molar-refractivity contribution in [2.75, 3.05) is 4.90 Å². The van der Waals surface area contributed by atoms with Gasteiger partial charge in [-0.25, -0.2) is 4.79 Å². The Labute approximate surface area is 188 Å². The number of benzene rings is 2. The Kier molecular flexibility index (Phi) is 5.81. The fourth-order valence-electron chi connectivity index (χ4n) is 5.64. The first-order valence-electron chi connectivity index (χ1n) is 11.9. The van der Waals surface area contributed by atoms with Crippen LogP contribution in [0.4, 0.5) is 5.69 Å². The molecule has 0 radical (unpaired) electrons. The minimum Gasteiger partial charge on any atom is -0.459 e. The molecule has 1 aliphatic heterocycles. The predicted octanol–water partition coefficient (Wildman–Crippen LogP) is 5.25. The zero-order chi connectivity index (χ0) is 22.1. The molecule has 2 saturated carbocycles. The van der Waals surface area contributed by atoms with Crippen LogP contribution in [0.15, 0.2) is 54.6 Å². The monoisotopic (exact) mass is 431 g/mol. The molecule has 5 heteroatoms. The van der Waals surface area contributed by atoms with Gasteiger partial charge in [-0.3, -0.25) is 14.5 Å². The van der Waals surface area contributed by atoms with Gasteiger partial charge in [0.2, 0.25) is 11.8 Å². The quantitative estimate of drug-likeness (QED) is 0.490. The number of hydrogen-bond donors (Lipinski definition) is 0. The second-order valence-electron chi connectivity index (χ2n) is 9.36. The second-order valence-corrected chi connectivity index (χ2v) is 9.36. The average Bonchev–Trinajstić information content (AvgIpc) is 3.09. The highest BCUT2D eigenvalue weighted by Gasteiger charge is 2.50. The van der Waals surface area contributed by atoms with E-state index in [9.17, 15) is 14.4 Å². The number of esters is 1. The number of hydrogen-bond acceptors (Lipinski definition) is 4. The Bertz CT molecular complexity index is 1010. The molecule has 0 spiro atoms. The van der Waals surface area contributed by atoms with E-state index in [0.717, 1.165) is 32.1 Å². The molecule has 2 aromatic rings. The van der Waals surface area contributed by atoms with Gasteiger partial charge in [0.15, 0.2) is 0 Å². The van der Waals surface area contributed by atoms with Gasteiger partial charge in [-0.15, -0.1) is 0 Å². The first kappa shape index (κ1) is 20.9. The maximum Gasteiger partial charge on any atom is 0.338 e. The van der Waals surface area contributed by atoms with Gasteiger partial charge < -0.3 is 4.74 Å². The summed E-state index contributed by atoms with van der Waals surface area (Å²) in [6.45, 7) is 0. The number of ether oxygens (including phenoxy) is 1. The van der Waals surface area contributed by atoms with Crippen molar-refractivity contribution in [2.24, 2.45) is 11.8 Å². The topological polar surface area (TPSA) is 63.7 Å². The number of amides is 2. The van der Waals surface area contributed by atoms with Gasteiger partial charge in [0.1, 0.15) is 6.10 Å². The number of carbonyl (C=O) groups is 3. The summed E-state index contributed by atoms with van der Waals surface area (Å²) in [5.41, 5.74) is 2.10. The van der Waals surface area contributed by atoms with E-state index in [-0.39, 0.29) is 35.7 Å². The van der Waals surface area contributed by atoms with E-state index >= 15 is 0 Å². The Morgan fingerprint density at radius 3 is 2.34 bits per heavy atom. The van der Waals surface area contributed by atoms with Gasteiger partial charge >= 0.3 is 5.97 Å². The van der Waals surface area contributed by atoms with Crippen LogP contribution in [-0.4, -0.2) is 23.9 Å². The molecule has 3 fully saturated rings. The lowest BCUT2D eigenvalue weighted by Crippen LogP contribution is -2.31. The van der Waals surface area contributed by atoms with Crippen LogP contribution in [0.25, 0.3) is 0 Å². The van der Waals surface area contributed by atoms with E-state index in [2.05, 4.69) is 12.1 Å². The molecule has 5 rings (SSSR count). The molecule has 166 valence electrons. The molecule has 1 saturated heterocycles. The SMILES string of the molecule is O=C(OC1CCCCC1)c1cccc(N2C(=O)[C@H]3C[C@@H](c4ccccc4)CC[C@H]3C2=O)c1. The zero-order valence-corrected chi connectivity index (χ0v) is 18.2. The van der Waals surface area contributed by atoms with Crippen molar-refractivity contribution in [3.63, 3.8) is 0 Å². The summed E-state index contributed by atoms with van der Waals surface area (Å²) in [5, 5.41) is 0. The van der Waals surface area contributed by atoms with E-state index in [1.54, 1.807) is 24.3 Å². The van der Waals surface area contributed by atoms with Gasteiger partial charge in [-0.05, 0) is 74.6 Å². The summed E-state index contributed by atoms with van der Waals surface area (Å²) >= 11 is 0. The fourth-order valence-corrected chi connectivity index (χ4v) is 5.64. The summed E-state index contributed by atoms with van der Waals surface area (Å²) in [6.07, 6.45) is 7.45. The Balaban J connectivity index is 1.33. The number of rotatable bonds is 4. The summed E-state index contributed by atoms with van der Waals surface area (Å²) in [7, 11) is 0. The molecule has 3 atom stereocenters. The summed E-state index contributed by atoms with van der Waals surface area (Å²) in [6, 6.07) is 17.0. The van der Waals surface area contributed by atoms with Crippen LogP contribution in [0.2, 0.25) is 0 Å². The van der Waals surface area contributed by atoms with Crippen LogP contribution in [0, 0.1) is 11.8 Å². The second kappa shape index (κ2) is 8.89. The molecule has 32 heavy (non-hydrogen) atoms. The molecule has 2 amide bonds. The summed E-state index contributed by atoms with van der Waals surface area (Å²) in [4.78, 5) is 40.5. The summed E-state index contributed by atoms with van der Waals surface area (Å²) in [5.74, 6) is -0.910. The third-order valence-corrected chi connectivity index (χ3v) is 7.36. The first-order chi connectivity index (χ1) is 15.6. The lowest BCUT2D eigenvalue weighted by atomic mass is 9.73. The molecule has 0 aromatic heterocycles. The molecular formula is C27H29NO4. The number of carbonyl (C=O) groups excluding carboxylic acids is 3. The number of imide groups is 1. The van der Waals surface area contributed by atoms with Gasteiger partial charge in [0.05, 0.1) is 23.1 Å². The maximum absolute atomic E-state index is 13.3. The van der Waals surface area contributed by atoms with Crippen LogP contribution in [0.5, 0.6) is 0 Å². The van der Waals surface area contributed by atoms with Crippen molar-refractivity contribution >= 4 is 23.5 Å². The third-order valence-electron chi connectivity index (χ3n) is 7.36. The van der Waals surface area contributed by atoms with Gasteiger partial charge in [0, 0.05) is 0 Å². The van der Waals surface area contributed by atoms with Crippen LogP contribution < -0.4 is 4.90 Å². The van der Waals surface area contributed by atoms with Crippen molar-refractivity contribution in [3.05, 3.63) is 65.7 Å². The predicted molar refractivity (Wildman–Crippen MR) is 121 cm³/mol. The van der Waals surface area contributed by atoms with Crippen LogP contribution in [-0.2, 0) is 14.3 Å². The van der Waals surface area contributed by atoms with E-state index in [0.29, 0.717) is 30.0 Å². The normalized spacial score (nSPS) is 26.1. The molecule has 2 aliphatic carbocycles. The third kappa shape index (κ3) is 3.96. The van der Waals surface area contributed by atoms with Crippen molar-refractivity contribution in [2.45, 2.75) is 63.4 Å². The van der Waals surface area contributed by atoms with Gasteiger partial charge in [-0.1, -0.05) is 42.8 Å². The van der Waals surface area contributed by atoms with Crippen LogP contribution in [0.3, 0.4) is 0 Å². The average molecular weight is 432 g/mol. The van der Waals surface area contributed by atoms with E-state index in [1.807, 2.05) is 18.2 Å². The minimum atomic E-state index is -0.376. The van der Waals surface area contributed by atoms with Crippen LogP contribution in [0.1, 0.15) is 73.2 Å². The largest absolute Gasteiger partial charge is 0.459 e. The molecule has 0 unspecified atom stereocenters. The molecular weight excluding hydrogens is 402 g/mol. The van der Waals surface area contributed by atoms with Crippen molar-refractivity contribution in [3.8, 4) is 0 Å². The first-order valence-corrected chi connectivity index (χ1v) is 11.9. The summed E-state index contributed by atoms with van der Waals surface area (Å²) < 4.78 is 5.68. The maximum atomic E-state index is 13.3. The Morgan fingerprint density at radius 2 is 1.56 bits per heavy atom. The molecule has 0 bridgehead atoms. The van der Waals surface area contributed by atoms with Crippen molar-refractivity contribution in [1.29, 1.82) is 0 Å². The highest BCUT2D eigenvalue weighted by molar-refractivity contribution is 6.22. The fraction of sp³-hybridized carbons (Fsp3) is 0.444. The standard InChI is InChI=1S/C27H29NO4/c29-25-23-15-14-19(18-8-3-1-4-9-18)17-24(23)26(30)28(25)21-11-7-10-20(16-21)27(31)32-22-12-5-2-6-13-22/h1,3-4,7-11,16,19,22-24H,2,5-6,12-15,17H2/t19-,23+,24-/m0/s1. The molecule has 0 N–H and O–H groups in total. The molecule has 1 heterocycles. The van der Waals surface area contributed by atoms with Crippen LogP contribution >= 0.6 is 0 Å². The number of fused-ring (bicyclic) bond motifs is 1. The molecule has 2 aromatic carbocycles. The lowest BCUT2D eigenvalue weighted by Gasteiger charge is -2.28. The Morgan fingerprint density at radius 1 is 0.812 bits per heavy atom. The molecule has 5 nitrogen and oxygen atoms in total. The van der Waals surface area contributed by atoms with Crippen molar-refractivity contribution in [1.82, 2.24) is 0 Å². The lowest BCUT2D eigenvalue weighted by molar-refractivity contribution is -0.122. The van der Waals surface area contributed by atoms with Crippen molar-refractivity contribution < 1.29 is 19.1 Å². The zero-order valence-electron chi connectivity index (χ0n) is 18.2. The van der Waals surface area contributed by atoms with E-state index in [1.165, 1.54) is 16.9 Å². The van der Waals surface area contributed by atoms with Gasteiger partial charge in [0.25, 0.3) is 0 Å². The van der Waals surface area contributed by atoms with E-state index in [4.69, 9.17) is 4.74 Å².